The lowest BCUT2D eigenvalue weighted by molar-refractivity contribution is 0.102. The molecule has 0 unspecified atom stereocenters. The molecule has 1 aromatic carbocycles. The Morgan fingerprint density at radius 1 is 1.18 bits per heavy atom. The van der Waals surface area contributed by atoms with Gasteiger partial charge in [0.05, 0.1) is 22.9 Å². The number of aromatic nitrogens is 2. The topological polar surface area (TPSA) is 80.0 Å². The zero-order chi connectivity index (χ0) is 19.8. The van der Waals surface area contributed by atoms with E-state index in [9.17, 15) is 9.18 Å². The highest BCUT2D eigenvalue weighted by Gasteiger charge is 2.16. The summed E-state index contributed by atoms with van der Waals surface area (Å²) in [6.45, 7) is 5.73. The van der Waals surface area contributed by atoms with Crippen molar-refractivity contribution < 1.29 is 13.6 Å². The average Bonchev–Trinajstić information content (AvgIpc) is 3.22. The SMILES string of the molecule is Cc1occc1C(=O)Nc1cc(Nc2ncnc3sc(C)c(C)c23)ccc1F. The van der Waals surface area contributed by atoms with Gasteiger partial charge in [0.1, 0.15) is 28.6 Å². The molecule has 3 heterocycles. The number of anilines is 3. The summed E-state index contributed by atoms with van der Waals surface area (Å²) in [6.07, 6.45) is 2.91. The van der Waals surface area contributed by atoms with Crippen molar-refractivity contribution in [3.63, 3.8) is 0 Å². The molecule has 6 nitrogen and oxygen atoms in total. The summed E-state index contributed by atoms with van der Waals surface area (Å²) < 4.78 is 19.4. The molecule has 0 saturated heterocycles. The van der Waals surface area contributed by atoms with Gasteiger partial charge in [-0.2, -0.15) is 0 Å². The van der Waals surface area contributed by atoms with E-state index in [0.29, 0.717) is 22.8 Å². The van der Waals surface area contributed by atoms with Gasteiger partial charge in [0, 0.05) is 10.6 Å². The van der Waals surface area contributed by atoms with E-state index in [2.05, 4.69) is 20.6 Å². The number of thiophene rings is 1. The first kappa shape index (κ1) is 18.1. The molecule has 0 spiro atoms. The van der Waals surface area contributed by atoms with Gasteiger partial charge in [-0.15, -0.1) is 11.3 Å². The van der Waals surface area contributed by atoms with Crippen molar-refractivity contribution in [3.05, 3.63) is 64.4 Å². The van der Waals surface area contributed by atoms with Crippen LogP contribution in [0.4, 0.5) is 21.6 Å². The smallest absolute Gasteiger partial charge is 0.259 e. The van der Waals surface area contributed by atoms with Gasteiger partial charge in [-0.05, 0) is 50.6 Å². The third-order valence-electron chi connectivity index (χ3n) is 4.55. The second-order valence-electron chi connectivity index (χ2n) is 6.35. The van der Waals surface area contributed by atoms with Crippen LogP contribution >= 0.6 is 11.3 Å². The molecule has 8 heteroatoms. The molecule has 3 aromatic heterocycles. The van der Waals surface area contributed by atoms with Gasteiger partial charge in [0.25, 0.3) is 5.91 Å². The monoisotopic (exact) mass is 396 g/mol. The van der Waals surface area contributed by atoms with Crippen molar-refractivity contribution in [2.45, 2.75) is 20.8 Å². The minimum absolute atomic E-state index is 0.0686. The van der Waals surface area contributed by atoms with E-state index in [1.807, 2.05) is 13.8 Å². The number of furan rings is 1. The van der Waals surface area contributed by atoms with Gasteiger partial charge < -0.3 is 15.1 Å². The van der Waals surface area contributed by atoms with E-state index >= 15 is 0 Å². The fourth-order valence-electron chi connectivity index (χ4n) is 2.92. The summed E-state index contributed by atoms with van der Waals surface area (Å²) in [5.74, 6) is 0.145. The largest absolute Gasteiger partial charge is 0.469 e. The molecule has 2 N–H and O–H groups in total. The molecule has 0 aliphatic heterocycles. The number of nitrogens with zero attached hydrogens (tertiary/aromatic N) is 2. The first-order chi connectivity index (χ1) is 13.4. The molecule has 0 radical (unpaired) electrons. The molecule has 0 bridgehead atoms. The number of aryl methyl sites for hydroxylation is 3. The number of fused-ring (bicyclic) bond motifs is 1. The van der Waals surface area contributed by atoms with E-state index in [-0.39, 0.29) is 5.69 Å². The van der Waals surface area contributed by atoms with Crippen LogP contribution in [0.3, 0.4) is 0 Å². The van der Waals surface area contributed by atoms with Crippen LogP contribution in [0.2, 0.25) is 0 Å². The van der Waals surface area contributed by atoms with Gasteiger partial charge in [-0.25, -0.2) is 14.4 Å². The molecule has 4 rings (SSSR count). The number of rotatable bonds is 4. The number of hydrogen-bond donors (Lipinski definition) is 2. The normalized spacial score (nSPS) is 11.0. The van der Waals surface area contributed by atoms with Gasteiger partial charge in [-0.3, -0.25) is 4.79 Å². The number of nitrogens with one attached hydrogen (secondary N) is 2. The Labute approximate surface area is 164 Å². The molecule has 0 atom stereocenters. The number of carbonyl (C=O) groups excluding carboxylic acids is 1. The standard InChI is InChI=1S/C20H17FN4O2S/c1-10-12(3)28-20-17(10)18(22-9-23-20)24-13-4-5-15(21)16(8-13)25-19(26)14-6-7-27-11(14)2/h4-9H,1-3H3,(H,25,26)(H,22,23,24). The second-order valence-corrected chi connectivity index (χ2v) is 7.55. The quantitative estimate of drug-likeness (QED) is 0.486. The third-order valence-corrected chi connectivity index (χ3v) is 5.66. The minimum Gasteiger partial charge on any atom is -0.469 e. The highest BCUT2D eigenvalue weighted by molar-refractivity contribution is 7.18. The lowest BCUT2D eigenvalue weighted by Gasteiger charge is -2.11. The Kier molecular flexibility index (Phi) is 4.56. The third kappa shape index (κ3) is 3.22. The average molecular weight is 396 g/mol. The van der Waals surface area contributed by atoms with Gasteiger partial charge in [0.2, 0.25) is 0 Å². The van der Waals surface area contributed by atoms with Crippen LogP contribution in [0.1, 0.15) is 26.6 Å². The molecular formula is C20H17FN4O2S. The van der Waals surface area contributed by atoms with Gasteiger partial charge >= 0.3 is 0 Å². The Balaban J connectivity index is 1.65. The van der Waals surface area contributed by atoms with Crippen molar-refractivity contribution in [2.24, 2.45) is 0 Å². The molecule has 0 fully saturated rings. The number of halogens is 1. The maximum absolute atomic E-state index is 14.2. The second kappa shape index (κ2) is 7.05. The zero-order valence-corrected chi connectivity index (χ0v) is 16.3. The van der Waals surface area contributed by atoms with Crippen LogP contribution in [-0.2, 0) is 0 Å². The number of benzene rings is 1. The van der Waals surface area contributed by atoms with E-state index in [0.717, 1.165) is 15.8 Å². The highest BCUT2D eigenvalue weighted by atomic mass is 32.1. The first-order valence-electron chi connectivity index (χ1n) is 8.56. The molecule has 0 aliphatic rings. The van der Waals surface area contributed by atoms with E-state index in [1.165, 1.54) is 29.6 Å². The van der Waals surface area contributed by atoms with Crippen LogP contribution in [-0.4, -0.2) is 15.9 Å². The fraction of sp³-hybridized carbons (Fsp3) is 0.150. The Hall–Kier alpha value is -3.26. The van der Waals surface area contributed by atoms with Gasteiger partial charge in [-0.1, -0.05) is 0 Å². The van der Waals surface area contributed by atoms with Crippen molar-refractivity contribution in [1.29, 1.82) is 0 Å². The summed E-state index contributed by atoms with van der Waals surface area (Å²) in [6, 6.07) is 5.97. The van der Waals surface area contributed by atoms with Crippen LogP contribution < -0.4 is 10.6 Å². The maximum Gasteiger partial charge on any atom is 0.259 e. The lowest BCUT2D eigenvalue weighted by atomic mass is 10.2. The van der Waals surface area contributed by atoms with Gasteiger partial charge in [0.15, 0.2) is 0 Å². The van der Waals surface area contributed by atoms with E-state index < -0.39 is 11.7 Å². The van der Waals surface area contributed by atoms with Crippen LogP contribution in [0.5, 0.6) is 0 Å². The Bertz CT molecular complexity index is 1200. The number of carbonyl (C=O) groups is 1. The molecule has 4 aromatic rings. The van der Waals surface area contributed by atoms with Crippen molar-refractivity contribution in [2.75, 3.05) is 10.6 Å². The summed E-state index contributed by atoms with van der Waals surface area (Å²) in [4.78, 5) is 23.1. The summed E-state index contributed by atoms with van der Waals surface area (Å²) >= 11 is 1.60. The number of amides is 1. The molecular weight excluding hydrogens is 379 g/mol. The zero-order valence-electron chi connectivity index (χ0n) is 15.5. The molecule has 0 aliphatic carbocycles. The number of hydrogen-bond acceptors (Lipinski definition) is 6. The van der Waals surface area contributed by atoms with Crippen molar-refractivity contribution in [3.8, 4) is 0 Å². The van der Waals surface area contributed by atoms with Crippen LogP contribution in [0.25, 0.3) is 10.2 Å². The first-order valence-corrected chi connectivity index (χ1v) is 9.38. The fourth-order valence-corrected chi connectivity index (χ4v) is 3.92. The predicted molar refractivity (Wildman–Crippen MR) is 108 cm³/mol. The predicted octanol–water partition coefficient (Wildman–Crippen LogP) is 5.34. The maximum atomic E-state index is 14.2. The molecule has 28 heavy (non-hydrogen) atoms. The molecule has 142 valence electrons. The Morgan fingerprint density at radius 3 is 2.75 bits per heavy atom. The minimum atomic E-state index is -0.532. The van der Waals surface area contributed by atoms with E-state index in [1.54, 1.807) is 30.4 Å². The van der Waals surface area contributed by atoms with Crippen LogP contribution in [0, 0.1) is 26.6 Å². The lowest BCUT2D eigenvalue weighted by Crippen LogP contribution is -2.13. The van der Waals surface area contributed by atoms with E-state index in [4.69, 9.17) is 4.42 Å². The van der Waals surface area contributed by atoms with Crippen molar-refractivity contribution in [1.82, 2.24) is 9.97 Å². The summed E-state index contributed by atoms with van der Waals surface area (Å²) in [5, 5.41) is 6.73. The Morgan fingerprint density at radius 2 is 2.00 bits per heavy atom. The summed E-state index contributed by atoms with van der Waals surface area (Å²) in [5.41, 5.74) is 2.14. The highest BCUT2D eigenvalue weighted by Crippen LogP contribution is 2.34. The van der Waals surface area contributed by atoms with Crippen LogP contribution in [0.15, 0.2) is 41.3 Å². The molecule has 0 saturated carbocycles. The summed E-state index contributed by atoms with van der Waals surface area (Å²) in [7, 11) is 0. The van der Waals surface area contributed by atoms with Crippen molar-refractivity contribution >= 4 is 44.7 Å². The molecule has 1 amide bonds.